The molecule has 0 fully saturated rings. The van der Waals surface area contributed by atoms with Gasteiger partial charge in [0, 0.05) is 0 Å². The van der Waals surface area contributed by atoms with Gasteiger partial charge < -0.3 is 10.4 Å². The summed E-state index contributed by atoms with van der Waals surface area (Å²) >= 11 is 0. The predicted molar refractivity (Wildman–Crippen MR) is 77.1 cm³/mol. The zero-order chi connectivity index (χ0) is 12.3. The number of rotatable bonds is 8. The van der Waals surface area contributed by atoms with E-state index in [2.05, 4.69) is 56.5 Å². The Balaban J connectivity index is 0.00000289. The standard InChI is InChI=1S/C16H25N.H2O/c1-3-13-17(14-4-2)15-9-8-12-16-10-6-5-7-11-16;/h5-7,9-11,15H,3-4,8,12-14H2,1-2H3;1H2. The highest BCUT2D eigenvalue weighted by Crippen LogP contribution is 2.02. The van der Waals surface area contributed by atoms with Crippen LogP contribution in [0.5, 0.6) is 0 Å². The lowest BCUT2D eigenvalue weighted by Crippen LogP contribution is -3.07. The molecule has 1 aromatic carbocycles. The second-order valence-corrected chi connectivity index (χ2v) is 4.58. The van der Waals surface area contributed by atoms with Crippen LogP contribution in [0.4, 0.5) is 0 Å². The second kappa shape index (κ2) is 11.0. The first kappa shape index (κ1) is 16.9. The van der Waals surface area contributed by atoms with Crippen LogP contribution >= 0.6 is 0 Å². The average molecular weight is 249 g/mol. The summed E-state index contributed by atoms with van der Waals surface area (Å²) in [7, 11) is 0. The molecule has 18 heavy (non-hydrogen) atoms. The second-order valence-electron chi connectivity index (χ2n) is 4.58. The van der Waals surface area contributed by atoms with Crippen LogP contribution in [-0.2, 0) is 6.42 Å². The van der Waals surface area contributed by atoms with Crippen molar-refractivity contribution >= 4 is 0 Å². The van der Waals surface area contributed by atoms with Crippen molar-refractivity contribution in [2.75, 3.05) is 13.1 Å². The van der Waals surface area contributed by atoms with Crippen molar-refractivity contribution < 1.29 is 10.4 Å². The topological polar surface area (TPSA) is 34.4 Å². The Kier molecular flexibility index (Phi) is 10.3. The summed E-state index contributed by atoms with van der Waals surface area (Å²) in [5.74, 6) is 0. The first-order valence-corrected chi connectivity index (χ1v) is 6.92. The van der Waals surface area contributed by atoms with E-state index in [0.29, 0.717) is 0 Å². The molecule has 0 unspecified atom stereocenters. The zero-order valence-electron chi connectivity index (χ0n) is 11.7. The van der Waals surface area contributed by atoms with E-state index in [1.54, 1.807) is 4.90 Å². The van der Waals surface area contributed by atoms with E-state index in [0.717, 1.165) is 12.8 Å². The van der Waals surface area contributed by atoms with Gasteiger partial charge in [-0.15, -0.1) is 0 Å². The Bertz CT molecular complexity index is 302. The fourth-order valence-corrected chi connectivity index (χ4v) is 2.08. The molecule has 2 nitrogen and oxygen atoms in total. The number of hydrogen-bond donors (Lipinski definition) is 1. The Morgan fingerprint density at radius 1 is 1.00 bits per heavy atom. The van der Waals surface area contributed by atoms with Crippen LogP contribution in [0.1, 0.15) is 38.7 Å². The molecule has 2 N–H and O–H groups in total. The van der Waals surface area contributed by atoms with Crippen LogP contribution in [0, 0.1) is 0 Å². The molecule has 1 rings (SSSR count). The third-order valence-electron chi connectivity index (χ3n) is 2.94. The van der Waals surface area contributed by atoms with Crippen molar-refractivity contribution in [3.63, 3.8) is 0 Å². The van der Waals surface area contributed by atoms with Crippen molar-refractivity contribution in [3.05, 3.63) is 48.2 Å². The number of allylic oxidation sites excluding steroid dienone is 1. The lowest BCUT2D eigenvalue weighted by atomic mass is 10.1. The normalized spacial score (nSPS) is 10.8. The number of benzene rings is 1. The Hall–Kier alpha value is -1.12. The zero-order valence-corrected chi connectivity index (χ0v) is 11.7. The van der Waals surface area contributed by atoms with E-state index in [1.807, 2.05) is 0 Å². The first-order chi connectivity index (χ1) is 8.36. The quantitative estimate of drug-likeness (QED) is 0.755. The highest BCUT2D eigenvalue weighted by Gasteiger charge is 2.00. The number of aryl methyl sites for hydroxylation is 1. The van der Waals surface area contributed by atoms with Crippen molar-refractivity contribution in [1.82, 2.24) is 0 Å². The summed E-state index contributed by atoms with van der Waals surface area (Å²) in [5, 5.41) is 0. The van der Waals surface area contributed by atoms with E-state index in [-0.39, 0.29) is 5.48 Å². The molecule has 2 heteroatoms. The van der Waals surface area contributed by atoms with E-state index < -0.39 is 0 Å². The summed E-state index contributed by atoms with van der Waals surface area (Å²) in [4.78, 5) is 1.61. The molecule has 0 bridgehead atoms. The van der Waals surface area contributed by atoms with Gasteiger partial charge in [-0.05, 0) is 37.3 Å². The minimum Gasteiger partial charge on any atom is -0.870 e. The maximum Gasteiger partial charge on any atom is 0.0901 e. The van der Waals surface area contributed by atoms with E-state index in [1.165, 1.54) is 31.5 Å². The number of hydrogen-bond acceptors (Lipinski definition) is 1. The van der Waals surface area contributed by atoms with Gasteiger partial charge in [-0.1, -0.05) is 44.2 Å². The van der Waals surface area contributed by atoms with Crippen LogP contribution in [0.3, 0.4) is 0 Å². The molecule has 0 aliphatic heterocycles. The van der Waals surface area contributed by atoms with Crippen molar-refractivity contribution in [3.8, 4) is 0 Å². The molecule has 0 aliphatic carbocycles. The molecule has 0 saturated carbocycles. The summed E-state index contributed by atoms with van der Waals surface area (Å²) < 4.78 is 0. The van der Waals surface area contributed by atoms with Crippen LogP contribution in [0.15, 0.2) is 42.6 Å². The predicted octanol–water partition coefficient (Wildman–Crippen LogP) is 2.66. The van der Waals surface area contributed by atoms with Gasteiger partial charge >= 0.3 is 0 Å². The fourth-order valence-electron chi connectivity index (χ4n) is 2.08. The molecule has 0 aliphatic rings. The maximum atomic E-state index is 2.36. The minimum absolute atomic E-state index is 0. The smallest absolute Gasteiger partial charge is 0.0901 e. The van der Waals surface area contributed by atoms with Gasteiger partial charge in [0.25, 0.3) is 0 Å². The van der Waals surface area contributed by atoms with Crippen molar-refractivity contribution in [2.45, 2.75) is 39.5 Å². The van der Waals surface area contributed by atoms with Gasteiger partial charge in [0.2, 0.25) is 0 Å². The molecule has 0 saturated heterocycles. The Morgan fingerprint density at radius 3 is 2.17 bits per heavy atom. The molecular formula is C16H27NO. The molecule has 0 amide bonds. The SMILES string of the molecule is CCC[NH+](C=CCCc1ccccc1)CCC.[OH-]. The van der Waals surface area contributed by atoms with Gasteiger partial charge in [-0.25, -0.2) is 0 Å². The minimum atomic E-state index is 0. The van der Waals surface area contributed by atoms with E-state index in [9.17, 15) is 0 Å². The molecule has 102 valence electrons. The highest BCUT2D eigenvalue weighted by molar-refractivity contribution is 5.15. The molecule has 0 radical (unpaired) electrons. The molecule has 0 spiro atoms. The lowest BCUT2D eigenvalue weighted by molar-refractivity contribution is -0.847. The third kappa shape index (κ3) is 7.25. The molecule has 0 heterocycles. The lowest BCUT2D eigenvalue weighted by Gasteiger charge is -2.12. The van der Waals surface area contributed by atoms with Gasteiger partial charge in [-0.3, -0.25) is 0 Å². The summed E-state index contributed by atoms with van der Waals surface area (Å²) in [6.45, 7) is 7.03. The van der Waals surface area contributed by atoms with Crippen molar-refractivity contribution in [1.29, 1.82) is 0 Å². The maximum absolute atomic E-state index is 2.36. The molecular weight excluding hydrogens is 222 g/mol. The summed E-state index contributed by atoms with van der Waals surface area (Å²) in [6, 6.07) is 10.7. The van der Waals surface area contributed by atoms with Crippen LogP contribution in [0.2, 0.25) is 0 Å². The van der Waals surface area contributed by atoms with Crippen LogP contribution < -0.4 is 4.90 Å². The van der Waals surface area contributed by atoms with Crippen molar-refractivity contribution in [2.24, 2.45) is 0 Å². The average Bonchev–Trinajstić information content (AvgIpc) is 2.36. The van der Waals surface area contributed by atoms with Gasteiger partial charge in [0.1, 0.15) is 0 Å². The monoisotopic (exact) mass is 249 g/mol. The third-order valence-corrected chi connectivity index (χ3v) is 2.94. The fraction of sp³-hybridized carbons (Fsp3) is 0.500. The van der Waals surface area contributed by atoms with E-state index >= 15 is 0 Å². The largest absolute Gasteiger partial charge is 0.870 e. The Labute approximate surface area is 112 Å². The number of quaternary nitrogens is 1. The van der Waals surface area contributed by atoms with Gasteiger partial charge in [-0.2, -0.15) is 0 Å². The van der Waals surface area contributed by atoms with Crippen LogP contribution in [-0.4, -0.2) is 18.6 Å². The number of nitrogens with one attached hydrogen (secondary N) is 1. The molecule has 1 aromatic rings. The Morgan fingerprint density at radius 2 is 1.61 bits per heavy atom. The summed E-state index contributed by atoms with van der Waals surface area (Å²) in [6.07, 6.45) is 9.53. The van der Waals surface area contributed by atoms with Crippen LogP contribution in [0.25, 0.3) is 0 Å². The highest BCUT2D eigenvalue weighted by atomic mass is 16.0. The first-order valence-electron chi connectivity index (χ1n) is 6.92. The molecule has 0 atom stereocenters. The summed E-state index contributed by atoms with van der Waals surface area (Å²) in [5.41, 5.74) is 1.43. The van der Waals surface area contributed by atoms with E-state index in [4.69, 9.17) is 0 Å². The molecule has 0 aromatic heterocycles. The van der Waals surface area contributed by atoms with Gasteiger partial charge in [0.05, 0.1) is 19.3 Å². The van der Waals surface area contributed by atoms with Gasteiger partial charge in [0.15, 0.2) is 0 Å².